The first kappa shape index (κ1) is 16.9. The second kappa shape index (κ2) is 7.37. The quantitative estimate of drug-likeness (QED) is 0.901. The molecule has 2 nitrogen and oxygen atoms in total. The third kappa shape index (κ3) is 5.87. The fraction of sp³-hybridized carbons (Fsp3) is 0.538. The van der Waals surface area contributed by atoms with Gasteiger partial charge in [0.25, 0.3) is 0 Å². The van der Waals surface area contributed by atoms with Crippen molar-refractivity contribution in [3.63, 3.8) is 0 Å². The van der Waals surface area contributed by atoms with Crippen LogP contribution in [-0.2, 0) is 6.54 Å². The van der Waals surface area contributed by atoms with Crippen LogP contribution in [0.3, 0.4) is 0 Å². The SMILES string of the molecule is CN(Cc1ccccc1Br)CC(C)(C)CN.Cl. The molecule has 2 N–H and O–H groups in total. The molecule has 4 heteroatoms. The van der Waals surface area contributed by atoms with Crippen molar-refractivity contribution in [3.05, 3.63) is 34.3 Å². The van der Waals surface area contributed by atoms with Gasteiger partial charge in [0.15, 0.2) is 0 Å². The molecule has 0 fully saturated rings. The maximum absolute atomic E-state index is 5.74. The van der Waals surface area contributed by atoms with Crippen LogP contribution in [0.2, 0.25) is 0 Å². The molecular formula is C13H22BrClN2. The van der Waals surface area contributed by atoms with Crippen LogP contribution < -0.4 is 5.73 Å². The lowest BCUT2D eigenvalue weighted by molar-refractivity contribution is 0.209. The van der Waals surface area contributed by atoms with E-state index in [2.05, 4.69) is 59.9 Å². The molecule has 0 aliphatic rings. The molecule has 0 amide bonds. The van der Waals surface area contributed by atoms with Gasteiger partial charge in [-0.25, -0.2) is 0 Å². The fourth-order valence-corrected chi connectivity index (χ4v) is 2.18. The predicted octanol–water partition coefficient (Wildman–Crippen LogP) is 3.29. The van der Waals surface area contributed by atoms with E-state index in [0.717, 1.165) is 13.1 Å². The van der Waals surface area contributed by atoms with Gasteiger partial charge in [0, 0.05) is 17.6 Å². The van der Waals surface area contributed by atoms with Crippen molar-refractivity contribution in [3.8, 4) is 0 Å². The van der Waals surface area contributed by atoms with Gasteiger partial charge >= 0.3 is 0 Å². The fourth-order valence-electron chi connectivity index (χ4n) is 1.77. The first-order valence-corrected chi connectivity index (χ1v) is 6.36. The van der Waals surface area contributed by atoms with Crippen LogP contribution in [0, 0.1) is 5.41 Å². The minimum atomic E-state index is 0. The molecule has 0 heterocycles. The van der Waals surface area contributed by atoms with Crippen LogP contribution >= 0.6 is 28.3 Å². The van der Waals surface area contributed by atoms with Crippen LogP contribution in [-0.4, -0.2) is 25.0 Å². The Morgan fingerprint density at radius 1 is 1.29 bits per heavy atom. The Kier molecular flexibility index (Phi) is 7.33. The average molecular weight is 322 g/mol. The molecule has 1 rings (SSSR count). The summed E-state index contributed by atoms with van der Waals surface area (Å²) in [6, 6.07) is 8.34. The largest absolute Gasteiger partial charge is 0.330 e. The Balaban J connectivity index is 0.00000256. The highest BCUT2D eigenvalue weighted by atomic mass is 79.9. The van der Waals surface area contributed by atoms with Crippen molar-refractivity contribution >= 4 is 28.3 Å². The van der Waals surface area contributed by atoms with Gasteiger partial charge in [0.1, 0.15) is 0 Å². The van der Waals surface area contributed by atoms with Gasteiger partial charge in [-0.1, -0.05) is 48.0 Å². The van der Waals surface area contributed by atoms with Gasteiger partial charge < -0.3 is 10.6 Å². The highest BCUT2D eigenvalue weighted by molar-refractivity contribution is 9.10. The molecule has 0 radical (unpaired) electrons. The monoisotopic (exact) mass is 320 g/mol. The first-order chi connectivity index (χ1) is 7.44. The van der Waals surface area contributed by atoms with E-state index >= 15 is 0 Å². The number of nitrogens with zero attached hydrogens (tertiary/aromatic N) is 1. The third-order valence-electron chi connectivity index (χ3n) is 2.65. The predicted molar refractivity (Wildman–Crippen MR) is 80.6 cm³/mol. The Morgan fingerprint density at radius 2 is 1.88 bits per heavy atom. The zero-order valence-corrected chi connectivity index (χ0v) is 13.1. The molecule has 0 saturated carbocycles. The number of rotatable bonds is 5. The van der Waals surface area contributed by atoms with Crippen LogP contribution in [0.25, 0.3) is 0 Å². The lowest BCUT2D eigenvalue weighted by atomic mass is 9.93. The molecule has 0 bridgehead atoms. The molecule has 1 aromatic rings. The second-order valence-corrected chi connectivity index (χ2v) is 5.99. The Labute approximate surface area is 119 Å². The molecule has 1 aromatic carbocycles. The van der Waals surface area contributed by atoms with Crippen molar-refractivity contribution in [2.45, 2.75) is 20.4 Å². The van der Waals surface area contributed by atoms with Gasteiger partial charge in [-0.05, 0) is 30.6 Å². The van der Waals surface area contributed by atoms with Crippen LogP contribution in [0.4, 0.5) is 0 Å². The molecule has 0 aliphatic carbocycles. The van der Waals surface area contributed by atoms with Crippen LogP contribution in [0.1, 0.15) is 19.4 Å². The number of benzene rings is 1. The van der Waals surface area contributed by atoms with E-state index < -0.39 is 0 Å². The molecule has 0 saturated heterocycles. The number of nitrogens with two attached hydrogens (primary N) is 1. The summed E-state index contributed by atoms with van der Waals surface area (Å²) in [5.41, 5.74) is 7.24. The Bertz CT molecular complexity index is 342. The van der Waals surface area contributed by atoms with Crippen molar-refractivity contribution in [2.24, 2.45) is 11.1 Å². The summed E-state index contributed by atoms with van der Waals surface area (Å²) >= 11 is 3.57. The summed E-state index contributed by atoms with van der Waals surface area (Å²) in [5.74, 6) is 0. The standard InChI is InChI=1S/C13H21BrN2.ClH/c1-13(2,9-15)10-16(3)8-11-6-4-5-7-12(11)14;/h4-7H,8-10,15H2,1-3H3;1H. The topological polar surface area (TPSA) is 29.3 Å². The number of hydrogen-bond donors (Lipinski definition) is 1. The summed E-state index contributed by atoms with van der Waals surface area (Å²) < 4.78 is 1.17. The molecule has 0 unspecified atom stereocenters. The van der Waals surface area contributed by atoms with Crippen LogP contribution in [0.15, 0.2) is 28.7 Å². The zero-order valence-electron chi connectivity index (χ0n) is 10.7. The summed E-state index contributed by atoms with van der Waals surface area (Å²) in [5, 5.41) is 0. The first-order valence-electron chi connectivity index (χ1n) is 5.56. The van der Waals surface area contributed by atoms with Gasteiger partial charge in [0.05, 0.1) is 0 Å². The average Bonchev–Trinajstić information content (AvgIpc) is 2.21. The van der Waals surface area contributed by atoms with E-state index in [9.17, 15) is 0 Å². The third-order valence-corrected chi connectivity index (χ3v) is 3.42. The van der Waals surface area contributed by atoms with Gasteiger partial charge in [0.2, 0.25) is 0 Å². The summed E-state index contributed by atoms with van der Waals surface area (Å²) in [4.78, 5) is 2.31. The van der Waals surface area contributed by atoms with Crippen LogP contribution in [0.5, 0.6) is 0 Å². The van der Waals surface area contributed by atoms with E-state index in [4.69, 9.17) is 5.73 Å². The Hall–Kier alpha value is -0.0900. The van der Waals surface area contributed by atoms with E-state index in [1.54, 1.807) is 0 Å². The lowest BCUT2D eigenvalue weighted by Gasteiger charge is -2.29. The Morgan fingerprint density at radius 3 is 2.41 bits per heavy atom. The normalized spacial score (nSPS) is 11.4. The van der Waals surface area contributed by atoms with E-state index in [0.29, 0.717) is 6.54 Å². The summed E-state index contributed by atoms with van der Waals surface area (Å²) in [7, 11) is 2.14. The maximum atomic E-state index is 5.74. The molecule has 17 heavy (non-hydrogen) atoms. The van der Waals surface area contributed by atoms with E-state index in [1.165, 1.54) is 10.0 Å². The zero-order chi connectivity index (χ0) is 12.2. The van der Waals surface area contributed by atoms with E-state index in [1.807, 2.05) is 6.07 Å². The van der Waals surface area contributed by atoms with Gasteiger partial charge in [-0.2, -0.15) is 0 Å². The highest BCUT2D eigenvalue weighted by Crippen LogP contribution is 2.20. The van der Waals surface area contributed by atoms with Crippen molar-refractivity contribution in [1.29, 1.82) is 0 Å². The van der Waals surface area contributed by atoms with E-state index in [-0.39, 0.29) is 17.8 Å². The lowest BCUT2D eigenvalue weighted by Crippen LogP contribution is -2.36. The smallest absolute Gasteiger partial charge is 0.0242 e. The summed E-state index contributed by atoms with van der Waals surface area (Å²) in [6.07, 6.45) is 0. The molecule has 0 aromatic heterocycles. The van der Waals surface area contributed by atoms with Crippen molar-refractivity contribution in [2.75, 3.05) is 20.1 Å². The molecule has 0 atom stereocenters. The number of halogens is 2. The van der Waals surface area contributed by atoms with Crippen molar-refractivity contribution < 1.29 is 0 Å². The van der Waals surface area contributed by atoms with Crippen molar-refractivity contribution in [1.82, 2.24) is 4.90 Å². The minimum Gasteiger partial charge on any atom is -0.330 e. The summed E-state index contributed by atoms with van der Waals surface area (Å²) in [6.45, 7) is 7.07. The van der Waals surface area contributed by atoms with Gasteiger partial charge in [-0.3, -0.25) is 0 Å². The number of hydrogen-bond acceptors (Lipinski definition) is 2. The highest BCUT2D eigenvalue weighted by Gasteiger charge is 2.18. The molecule has 0 aliphatic heterocycles. The second-order valence-electron chi connectivity index (χ2n) is 5.13. The molecule has 98 valence electrons. The minimum absolute atomic E-state index is 0. The van der Waals surface area contributed by atoms with Gasteiger partial charge in [-0.15, -0.1) is 12.4 Å². The molecule has 0 spiro atoms. The molecular weight excluding hydrogens is 300 g/mol. The maximum Gasteiger partial charge on any atom is 0.0242 e.